The number of ether oxygens (including phenoxy) is 1. The highest BCUT2D eigenvalue weighted by atomic mass is 32.1. The summed E-state index contributed by atoms with van der Waals surface area (Å²) in [5.41, 5.74) is 8.56. The van der Waals surface area contributed by atoms with Crippen molar-refractivity contribution in [2.24, 2.45) is 5.73 Å². The van der Waals surface area contributed by atoms with E-state index >= 15 is 0 Å². The van der Waals surface area contributed by atoms with Gasteiger partial charge in [-0.05, 0) is 24.3 Å². The second-order valence-corrected chi connectivity index (χ2v) is 9.43. The molecule has 6 rings (SSSR count). The molecule has 1 aliphatic rings. The molecule has 3 N–H and O–H groups in total. The van der Waals surface area contributed by atoms with Crippen LogP contribution < -0.4 is 21.5 Å². The summed E-state index contributed by atoms with van der Waals surface area (Å²) in [4.78, 5) is 32.2. The van der Waals surface area contributed by atoms with Crippen LogP contribution in [0.3, 0.4) is 0 Å². The number of aromatic nitrogens is 2. The summed E-state index contributed by atoms with van der Waals surface area (Å²) in [6.07, 6.45) is 1.75. The van der Waals surface area contributed by atoms with E-state index in [4.69, 9.17) is 15.5 Å². The average Bonchev–Trinajstić information content (AvgIpc) is 3.29. The molecule has 0 bridgehead atoms. The molecule has 0 aliphatic carbocycles. The Labute approximate surface area is 204 Å². The number of amides is 1. The maximum Gasteiger partial charge on any atom is 0.259 e. The lowest BCUT2D eigenvalue weighted by molar-refractivity contribution is -0.114. The Hall–Kier alpha value is -3.79. The van der Waals surface area contributed by atoms with Crippen LogP contribution in [0.1, 0.15) is 0 Å². The molecule has 176 valence electrons. The Balaban J connectivity index is 1.61. The predicted molar refractivity (Wildman–Crippen MR) is 141 cm³/mol. The van der Waals surface area contributed by atoms with Gasteiger partial charge in [0.2, 0.25) is 5.91 Å². The maximum absolute atomic E-state index is 13.0. The number of rotatable bonds is 4. The highest BCUT2D eigenvalue weighted by Gasteiger charge is 2.19. The second kappa shape index (κ2) is 8.77. The quantitative estimate of drug-likeness (QED) is 0.404. The molecule has 9 heteroatoms. The number of hydrogen-bond donors (Lipinski definition) is 2. The molecular weight excluding hydrogens is 462 g/mol. The zero-order chi connectivity index (χ0) is 23.9. The number of carbonyl (C=O) groups excluding carboxylic acids is 1. The number of nitrogens with one attached hydrogen (secondary N) is 1. The van der Waals surface area contributed by atoms with Crippen molar-refractivity contribution in [1.82, 2.24) is 9.38 Å². The van der Waals surface area contributed by atoms with Crippen LogP contribution >= 0.6 is 11.3 Å². The van der Waals surface area contributed by atoms with Crippen LogP contribution in [0.4, 0.5) is 11.5 Å². The first-order valence-corrected chi connectivity index (χ1v) is 12.3. The molecule has 1 fully saturated rings. The van der Waals surface area contributed by atoms with Gasteiger partial charge in [-0.2, -0.15) is 0 Å². The SMILES string of the molecule is NCC(=O)Nc1ccc(-c2cccn3c(=O)cc(N4CCOCC4)nc23)c2sc3ccccc3c12. The van der Waals surface area contributed by atoms with E-state index in [0.29, 0.717) is 37.8 Å². The highest BCUT2D eigenvalue weighted by molar-refractivity contribution is 7.26. The number of anilines is 2. The predicted octanol–water partition coefficient (Wildman–Crippen LogP) is 3.46. The van der Waals surface area contributed by atoms with E-state index in [9.17, 15) is 9.59 Å². The molecule has 35 heavy (non-hydrogen) atoms. The van der Waals surface area contributed by atoms with Crippen molar-refractivity contribution in [3.05, 3.63) is 71.1 Å². The monoisotopic (exact) mass is 485 g/mol. The van der Waals surface area contributed by atoms with Gasteiger partial charge in [-0.25, -0.2) is 4.98 Å². The van der Waals surface area contributed by atoms with Crippen LogP contribution in [0.25, 0.3) is 36.9 Å². The van der Waals surface area contributed by atoms with Crippen molar-refractivity contribution in [2.75, 3.05) is 43.1 Å². The lowest BCUT2D eigenvalue weighted by atomic mass is 10.0. The Bertz CT molecular complexity index is 1650. The van der Waals surface area contributed by atoms with Gasteiger partial charge < -0.3 is 20.7 Å². The van der Waals surface area contributed by atoms with Crippen LogP contribution in [0.2, 0.25) is 0 Å². The molecule has 1 amide bonds. The van der Waals surface area contributed by atoms with Crippen molar-refractivity contribution >= 4 is 54.6 Å². The summed E-state index contributed by atoms with van der Waals surface area (Å²) < 4.78 is 9.18. The average molecular weight is 486 g/mol. The number of thiophene rings is 1. The van der Waals surface area contributed by atoms with Crippen molar-refractivity contribution in [2.45, 2.75) is 0 Å². The van der Waals surface area contributed by atoms with Crippen molar-refractivity contribution in [1.29, 1.82) is 0 Å². The summed E-state index contributed by atoms with van der Waals surface area (Å²) in [5.74, 6) is 0.410. The van der Waals surface area contributed by atoms with Crippen molar-refractivity contribution in [3.8, 4) is 11.1 Å². The van der Waals surface area contributed by atoms with E-state index in [0.717, 1.165) is 37.0 Å². The van der Waals surface area contributed by atoms with E-state index < -0.39 is 0 Å². The van der Waals surface area contributed by atoms with Crippen LogP contribution in [-0.2, 0) is 9.53 Å². The lowest BCUT2D eigenvalue weighted by Gasteiger charge is -2.27. The molecule has 3 aromatic heterocycles. The third-order valence-corrected chi connectivity index (χ3v) is 7.49. The van der Waals surface area contributed by atoms with Crippen molar-refractivity contribution < 1.29 is 9.53 Å². The first-order chi connectivity index (χ1) is 17.1. The van der Waals surface area contributed by atoms with Gasteiger partial charge in [0.05, 0.1) is 25.4 Å². The zero-order valence-electron chi connectivity index (χ0n) is 18.9. The number of hydrogen-bond acceptors (Lipinski definition) is 7. The first-order valence-electron chi connectivity index (χ1n) is 11.4. The van der Waals surface area contributed by atoms with Gasteiger partial charge in [0.1, 0.15) is 11.5 Å². The Morgan fingerprint density at radius 2 is 1.91 bits per heavy atom. The molecule has 0 atom stereocenters. The molecule has 0 saturated carbocycles. The third kappa shape index (κ3) is 3.74. The van der Waals surface area contributed by atoms with Gasteiger partial charge in [0, 0.05) is 56.7 Å². The maximum atomic E-state index is 13.0. The summed E-state index contributed by atoms with van der Waals surface area (Å²) in [6.45, 7) is 2.52. The minimum atomic E-state index is -0.247. The standard InChI is InChI=1S/C26H23N5O3S/c27-15-22(32)28-19-8-7-16(25-24(19)18-4-1-2-6-20(18)35-25)17-5-3-9-31-23(33)14-21(29-26(17)31)30-10-12-34-13-11-30/h1-9,14H,10-13,15,27H2,(H,28,32). The number of benzene rings is 2. The lowest BCUT2D eigenvalue weighted by Crippen LogP contribution is -2.37. The van der Waals surface area contributed by atoms with Gasteiger partial charge >= 0.3 is 0 Å². The summed E-state index contributed by atoms with van der Waals surface area (Å²) in [5, 5.41) is 4.96. The number of morpholine rings is 1. The molecule has 2 aromatic carbocycles. The van der Waals surface area contributed by atoms with Crippen LogP contribution in [0, 0.1) is 0 Å². The van der Waals surface area contributed by atoms with Gasteiger partial charge in [0.15, 0.2) is 0 Å². The van der Waals surface area contributed by atoms with Gasteiger partial charge in [-0.1, -0.05) is 24.3 Å². The van der Waals surface area contributed by atoms with E-state index in [1.807, 2.05) is 36.4 Å². The minimum absolute atomic E-state index is 0.0915. The molecule has 0 spiro atoms. The molecule has 0 unspecified atom stereocenters. The summed E-state index contributed by atoms with van der Waals surface area (Å²) in [7, 11) is 0. The summed E-state index contributed by atoms with van der Waals surface area (Å²) in [6, 6.07) is 17.4. The fraction of sp³-hybridized carbons (Fsp3) is 0.192. The van der Waals surface area contributed by atoms with E-state index in [1.54, 1.807) is 28.0 Å². The van der Waals surface area contributed by atoms with Crippen LogP contribution in [-0.4, -0.2) is 48.1 Å². The normalized spacial score (nSPS) is 14.1. The molecule has 1 saturated heterocycles. The largest absolute Gasteiger partial charge is 0.378 e. The topological polar surface area (TPSA) is 102 Å². The van der Waals surface area contributed by atoms with Crippen LogP contribution in [0.5, 0.6) is 0 Å². The zero-order valence-corrected chi connectivity index (χ0v) is 19.7. The highest BCUT2D eigenvalue weighted by Crippen LogP contribution is 2.44. The Kier molecular flexibility index (Phi) is 5.44. The number of pyridine rings is 1. The number of nitrogens with two attached hydrogens (primary N) is 1. The fourth-order valence-corrected chi connectivity index (χ4v) is 5.88. The second-order valence-electron chi connectivity index (χ2n) is 8.38. The molecule has 1 aliphatic heterocycles. The Morgan fingerprint density at radius 3 is 2.74 bits per heavy atom. The number of fused-ring (bicyclic) bond motifs is 4. The van der Waals surface area contributed by atoms with Gasteiger partial charge in [-0.3, -0.25) is 14.0 Å². The van der Waals surface area contributed by atoms with E-state index in [1.165, 1.54) is 0 Å². The van der Waals surface area contributed by atoms with E-state index in [-0.39, 0.29) is 18.0 Å². The fourth-order valence-electron chi connectivity index (χ4n) is 4.62. The molecular formula is C26H23N5O3S. The van der Waals surface area contributed by atoms with Crippen molar-refractivity contribution in [3.63, 3.8) is 0 Å². The number of nitrogens with zero attached hydrogens (tertiary/aromatic N) is 3. The molecule has 0 radical (unpaired) electrons. The molecule has 4 heterocycles. The smallest absolute Gasteiger partial charge is 0.259 e. The minimum Gasteiger partial charge on any atom is -0.378 e. The van der Waals surface area contributed by atoms with Gasteiger partial charge in [-0.15, -0.1) is 11.3 Å². The van der Waals surface area contributed by atoms with Gasteiger partial charge in [0.25, 0.3) is 5.56 Å². The number of carbonyl (C=O) groups is 1. The molecule has 8 nitrogen and oxygen atoms in total. The van der Waals surface area contributed by atoms with E-state index in [2.05, 4.69) is 22.3 Å². The summed E-state index contributed by atoms with van der Waals surface area (Å²) >= 11 is 1.65. The first kappa shape index (κ1) is 21.7. The molecule has 5 aromatic rings. The third-order valence-electron chi connectivity index (χ3n) is 6.29. The Morgan fingerprint density at radius 1 is 1.09 bits per heavy atom. The van der Waals surface area contributed by atoms with Crippen LogP contribution in [0.15, 0.2) is 65.6 Å².